The minimum Gasteiger partial charge on any atom is -0.275 e. The lowest BCUT2D eigenvalue weighted by atomic mass is 10.0. The third kappa shape index (κ3) is 1.04. The van der Waals surface area contributed by atoms with Crippen molar-refractivity contribution in [1.82, 2.24) is 10.6 Å². The summed E-state index contributed by atoms with van der Waals surface area (Å²) in [6.07, 6.45) is 0. The van der Waals surface area contributed by atoms with Crippen LogP contribution in [0.4, 0.5) is 4.79 Å². The second-order valence-corrected chi connectivity index (χ2v) is 2.36. The zero-order valence-electron chi connectivity index (χ0n) is 6.08. The van der Waals surface area contributed by atoms with E-state index < -0.39 is 23.4 Å². The Kier molecular flexibility index (Phi) is 1.82. The Hall–Kier alpha value is -1.47. The molecule has 7 heteroatoms. The lowest BCUT2D eigenvalue weighted by Gasteiger charge is -2.26. The van der Waals surface area contributed by atoms with Crippen LogP contribution in [-0.4, -0.2) is 28.7 Å². The van der Waals surface area contributed by atoms with Crippen LogP contribution >= 0.6 is 0 Å². The molecule has 0 aromatic heterocycles. The molecule has 0 spiro atoms. The summed E-state index contributed by atoms with van der Waals surface area (Å²) in [6, 6.07) is -0.931. The highest BCUT2D eigenvalue weighted by atomic mass is 17.1. The molecule has 1 aliphatic heterocycles. The van der Waals surface area contributed by atoms with Gasteiger partial charge in [-0.1, -0.05) is 0 Å². The topological polar surface area (TPSA) is 105 Å². The van der Waals surface area contributed by atoms with Crippen LogP contribution in [0.2, 0.25) is 0 Å². The summed E-state index contributed by atoms with van der Waals surface area (Å²) in [5.41, 5.74) is -2.05. The van der Waals surface area contributed by atoms with Crippen LogP contribution in [0.3, 0.4) is 0 Å². The summed E-state index contributed by atoms with van der Waals surface area (Å²) < 4.78 is 0. The average Bonchev–Trinajstić information content (AvgIpc) is 2.00. The molecule has 0 aliphatic carbocycles. The highest BCUT2D eigenvalue weighted by Gasteiger charge is 2.48. The molecule has 1 rings (SSSR count). The highest BCUT2D eigenvalue weighted by Crippen LogP contribution is 2.11. The van der Waals surface area contributed by atoms with E-state index >= 15 is 0 Å². The van der Waals surface area contributed by atoms with Gasteiger partial charge in [-0.05, 0) is 6.92 Å². The molecule has 0 aromatic rings. The fourth-order valence-corrected chi connectivity index (χ4v) is 0.662. The summed E-state index contributed by atoms with van der Waals surface area (Å²) in [7, 11) is 0. The van der Waals surface area contributed by atoms with E-state index in [2.05, 4.69) is 4.89 Å². The second-order valence-electron chi connectivity index (χ2n) is 2.36. The van der Waals surface area contributed by atoms with Crippen molar-refractivity contribution in [3.63, 3.8) is 0 Å². The number of hydrogen-bond acceptors (Lipinski definition) is 5. The highest BCUT2D eigenvalue weighted by molar-refractivity contribution is 6.21. The Labute approximate surface area is 66.6 Å². The Bertz CT molecular complexity index is 241. The van der Waals surface area contributed by atoms with Gasteiger partial charge in [-0.3, -0.25) is 25.5 Å². The fraction of sp³-hybridized carbons (Fsp3) is 0.400. The summed E-state index contributed by atoms with van der Waals surface area (Å²) >= 11 is 0. The number of nitrogens with one attached hydrogen (secondary N) is 2. The monoisotopic (exact) mass is 174 g/mol. The largest absolute Gasteiger partial charge is 0.328 e. The van der Waals surface area contributed by atoms with Crippen LogP contribution < -0.4 is 10.6 Å². The normalized spacial score (nSPS) is 21.7. The first-order valence-electron chi connectivity index (χ1n) is 3.00. The maximum absolute atomic E-state index is 10.9. The molecule has 1 heterocycles. The molecule has 0 saturated carbocycles. The van der Waals surface area contributed by atoms with Crippen LogP contribution in [0.25, 0.3) is 0 Å². The average molecular weight is 174 g/mol. The van der Waals surface area contributed by atoms with Crippen molar-refractivity contribution < 1.29 is 24.5 Å². The van der Waals surface area contributed by atoms with Gasteiger partial charge in [-0.25, -0.2) is 9.68 Å². The summed E-state index contributed by atoms with van der Waals surface area (Å²) in [5.74, 6) is -2.00. The van der Waals surface area contributed by atoms with Crippen LogP contribution in [0.15, 0.2) is 0 Å². The maximum atomic E-state index is 10.9. The third-order valence-corrected chi connectivity index (χ3v) is 1.50. The van der Waals surface area contributed by atoms with Gasteiger partial charge >= 0.3 is 6.03 Å². The van der Waals surface area contributed by atoms with Gasteiger partial charge in [0.25, 0.3) is 17.4 Å². The first kappa shape index (κ1) is 8.62. The molecule has 0 bridgehead atoms. The van der Waals surface area contributed by atoms with Gasteiger partial charge in [0.1, 0.15) is 0 Å². The van der Waals surface area contributed by atoms with Crippen LogP contribution in [-0.2, 0) is 14.5 Å². The van der Waals surface area contributed by atoms with E-state index in [1.807, 2.05) is 0 Å². The van der Waals surface area contributed by atoms with Crippen molar-refractivity contribution in [2.45, 2.75) is 12.5 Å². The summed E-state index contributed by atoms with van der Waals surface area (Å²) in [4.78, 5) is 35.9. The van der Waals surface area contributed by atoms with Crippen molar-refractivity contribution in [1.29, 1.82) is 0 Å². The van der Waals surface area contributed by atoms with E-state index in [-0.39, 0.29) is 0 Å². The number of carbonyl (C=O) groups is 3. The number of urea groups is 1. The van der Waals surface area contributed by atoms with Gasteiger partial charge in [0.2, 0.25) is 0 Å². The van der Waals surface area contributed by atoms with Crippen molar-refractivity contribution in [3.05, 3.63) is 0 Å². The molecule has 0 aromatic carbocycles. The van der Waals surface area contributed by atoms with Crippen LogP contribution in [0, 0.1) is 0 Å². The Morgan fingerprint density at radius 1 is 1.25 bits per heavy atom. The minimum atomic E-state index is -2.05. The molecule has 0 unspecified atom stereocenters. The fourth-order valence-electron chi connectivity index (χ4n) is 0.662. The van der Waals surface area contributed by atoms with E-state index in [1.165, 1.54) is 0 Å². The first-order chi connectivity index (χ1) is 5.50. The van der Waals surface area contributed by atoms with Crippen molar-refractivity contribution in [2.24, 2.45) is 0 Å². The Balaban J connectivity index is 2.95. The number of rotatable bonds is 1. The smallest absolute Gasteiger partial charge is 0.275 e. The maximum Gasteiger partial charge on any atom is 0.328 e. The van der Waals surface area contributed by atoms with Gasteiger partial charge in [-0.2, -0.15) is 0 Å². The molecule has 7 nitrogen and oxygen atoms in total. The van der Waals surface area contributed by atoms with E-state index in [4.69, 9.17) is 5.26 Å². The first-order valence-corrected chi connectivity index (χ1v) is 3.00. The SMILES string of the molecule is CC1(OO)C(=O)NC(=O)NC1=O. The van der Waals surface area contributed by atoms with E-state index in [0.717, 1.165) is 6.92 Å². The lowest BCUT2D eigenvalue weighted by molar-refractivity contribution is -0.297. The molecule has 4 amide bonds. The summed E-state index contributed by atoms with van der Waals surface area (Å²) in [6.45, 7) is 1.03. The molecule has 66 valence electrons. The van der Waals surface area contributed by atoms with Crippen molar-refractivity contribution in [3.8, 4) is 0 Å². The molecule has 0 atom stereocenters. The van der Waals surface area contributed by atoms with Gasteiger partial charge < -0.3 is 0 Å². The molecule has 0 radical (unpaired) electrons. The van der Waals surface area contributed by atoms with Crippen molar-refractivity contribution >= 4 is 17.8 Å². The predicted molar refractivity (Wildman–Crippen MR) is 33.8 cm³/mol. The number of imide groups is 2. The van der Waals surface area contributed by atoms with E-state index in [0.29, 0.717) is 0 Å². The number of amides is 4. The second kappa shape index (κ2) is 2.54. The Morgan fingerprint density at radius 2 is 1.67 bits per heavy atom. The van der Waals surface area contributed by atoms with Gasteiger partial charge in [0.15, 0.2) is 0 Å². The van der Waals surface area contributed by atoms with Gasteiger partial charge in [0, 0.05) is 0 Å². The molecule has 1 fully saturated rings. The van der Waals surface area contributed by atoms with Crippen molar-refractivity contribution in [2.75, 3.05) is 0 Å². The van der Waals surface area contributed by atoms with Crippen LogP contribution in [0.1, 0.15) is 6.92 Å². The van der Waals surface area contributed by atoms with Gasteiger partial charge in [0.05, 0.1) is 0 Å². The third-order valence-electron chi connectivity index (χ3n) is 1.50. The van der Waals surface area contributed by atoms with E-state index in [1.54, 1.807) is 10.6 Å². The molecule has 12 heavy (non-hydrogen) atoms. The quantitative estimate of drug-likeness (QED) is 0.257. The molecule has 1 saturated heterocycles. The predicted octanol–water partition coefficient (Wildman–Crippen LogP) is -1.40. The van der Waals surface area contributed by atoms with Gasteiger partial charge in [-0.15, -0.1) is 0 Å². The number of carbonyl (C=O) groups excluding carboxylic acids is 3. The lowest BCUT2D eigenvalue weighted by Crippen LogP contribution is -2.66. The van der Waals surface area contributed by atoms with E-state index in [9.17, 15) is 14.4 Å². The van der Waals surface area contributed by atoms with Crippen LogP contribution in [0.5, 0.6) is 0 Å². The zero-order chi connectivity index (χ0) is 9.35. The molecule has 3 N–H and O–H groups in total. The summed E-state index contributed by atoms with van der Waals surface area (Å²) in [5, 5.41) is 11.8. The molecular weight excluding hydrogens is 168 g/mol. The zero-order valence-corrected chi connectivity index (χ0v) is 6.08. The number of hydrogen-bond donors (Lipinski definition) is 3. The standard InChI is InChI=1S/C5H6N2O5/c1-5(12-11)2(8)6-4(10)7-3(5)9/h11H,1H3,(H2,6,7,8,9,10). The molecular formula is C5H6N2O5. The minimum absolute atomic E-state index is 0.931. The molecule has 1 aliphatic rings. The number of barbiturate groups is 1. The Morgan fingerprint density at radius 3 is 2.00 bits per heavy atom.